The number of carboxylic acid groups (broad SMARTS) is 3. The van der Waals surface area contributed by atoms with Crippen LogP contribution in [0.4, 0.5) is 0 Å². The van der Waals surface area contributed by atoms with Crippen molar-refractivity contribution >= 4 is 17.9 Å². The highest BCUT2D eigenvalue weighted by atomic mass is 16.5. The lowest BCUT2D eigenvalue weighted by Gasteiger charge is -2.56. The van der Waals surface area contributed by atoms with E-state index >= 15 is 0 Å². The quantitative estimate of drug-likeness (QED) is 0.441. The van der Waals surface area contributed by atoms with E-state index in [1.165, 1.54) is 43.2 Å². The average Bonchev–Trinajstić information content (AvgIpc) is 2.78. The van der Waals surface area contributed by atoms with Gasteiger partial charge in [0.1, 0.15) is 5.75 Å². The first-order chi connectivity index (χ1) is 16.0. The number of carboxylic acids is 3. The highest BCUT2D eigenvalue weighted by Crippen LogP contribution is 2.54. The fourth-order valence-electron chi connectivity index (χ4n) is 5.67. The first-order valence-electron chi connectivity index (χ1n) is 11.9. The standard InChI is InChI=1S/C22H31NO3.C4H4O4/c1-21(2,20(24)25)10-12-26-16-7-6-15-13-19-17-5-3-4-8-22(17,9-11-23-19)18(15)14-16;5-3(6)1-2-4(7)8/h6-7,14,17,19,23H,3-5,8-13H2,1-2H3,(H,24,25);1-2H,(H,5,6)(H,7,8)/b;2-1+/t17-,19+,22+;/m0./s1. The first-order valence-corrected chi connectivity index (χ1v) is 11.9. The van der Waals surface area contributed by atoms with E-state index in [9.17, 15) is 19.5 Å². The lowest BCUT2D eigenvalue weighted by molar-refractivity contribution is -0.147. The van der Waals surface area contributed by atoms with Gasteiger partial charge >= 0.3 is 17.9 Å². The molecule has 8 nitrogen and oxygen atoms in total. The van der Waals surface area contributed by atoms with Gasteiger partial charge < -0.3 is 25.4 Å². The summed E-state index contributed by atoms with van der Waals surface area (Å²) in [6, 6.07) is 7.24. The molecule has 3 atom stereocenters. The predicted octanol–water partition coefficient (Wildman–Crippen LogP) is 3.62. The van der Waals surface area contributed by atoms with Crippen molar-refractivity contribution in [2.45, 2.75) is 70.3 Å². The summed E-state index contributed by atoms with van der Waals surface area (Å²) in [4.78, 5) is 30.4. The van der Waals surface area contributed by atoms with Crippen LogP contribution < -0.4 is 10.1 Å². The maximum Gasteiger partial charge on any atom is 0.328 e. The minimum absolute atomic E-state index is 0.335. The third-order valence-corrected chi connectivity index (χ3v) is 7.56. The molecule has 1 heterocycles. The Hall–Kier alpha value is -2.87. The van der Waals surface area contributed by atoms with Gasteiger partial charge in [0.05, 0.1) is 12.0 Å². The van der Waals surface area contributed by atoms with Crippen LogP contribution >= 0.6 is 0 Å². The Morgan fingerprint density at radius 2 is 1.82 bits per heavy atom. The van der Waals surface area contributed by atoms with Crippen LogP contribution in [0.25, 0.3) is 0 Å². The SMILES string of the molecule is CC(C)(CCOc1ccc2c(c1)[C@@]13CCCC[C@H]1[C@@H](C2)NCC3)C(=O)O.O=C(O)/C=C/C(=O)O. The summed E-state index contributed by atoms with van der Waals surface area (Å²) in [5, 5.41) is 28.7. The summed E-state index contributed by atoms with van der Waals surface area (Å²) in [6.07, 6.45) is 9.34. The second kappa shape index (κ2) is 10.6. The molecule has 1 aromatic carbocycles. The summed E-state index contributed by atoms with van der Waals surface area (Å²) in [5.41, 5.74) is 2.60. The summed E-state index contributed by atoms with van der Waals surface area (Å²) in [7, 11) is 0. The number of ether oxygens (including phenoxy) is 1. The monoisotopic (exact) mass is 473 g/mol. The Morgan fingerprint density at radius 3 is 2.47 bits per heavy atom. The van der Waals surface area contributed by atoms with Crippen molar-refractivity contribution in [2.24, 2.45) is 11.3 Å². The van der Waals surface area contributed by atoms with Gasteiger partial charge in [-0.1, -0.05) is 18.9 Å². The molecule has 1 saturated carbocycles. The molecular formula is C26H35NO7. The molecular weight excluding hydrogens is 438 g/mol. The van der Waals surface area contributed by atoms with Crippen molar-refractivity contribution in [3.8, 4) is 5.75 Å². The fourth-order valence-corrected chi connectivity index (χ4v) is 5.67. The fraction of sp³-hybridized carbons (Fsp3) is 0.577. The molecule has 2 aliphatic carbocycles. The third kappa shape index (κ3) is 5.78. The van der Waals surface area contributed by atoms with Gasteiger partial charge in [-0.25, -0.2) is 9.59 Å². The van der Waals surface area contributed by atoms with Crippen molar-refractivity contribution in [1.82, 2.24) is 5.32 Å². The number of hydrogen-bond acceptors (Lipinski definition) is 5. The third-order valence-electron chi connectivity index (χ3n) is 7.56. The van der Waals surface area contributed by atoms with Crippen LogP contribution in [-0.4, -0.2) is 52.4 Å². The number of piperidine rings is 1. The molecule has 2 fully saturated rings. The van der Waals surface area contributed by atoms with Gasteiger partial charge in [-0.05, 0) is 81.7 Å². The Labute approximate surface area is 200 Å². The van der Waals surface area contributed by atoms with E-state index in [0.29, 0.717) is 36.6 Å². The topological polar surface area (TPSA) is 133 Å². The normalized spacial score (nSPS) is 25.4. The average molecular weight is 474 g/mol. The Kier molecular flexibility index (Phi) is 8.02. The molecule has 4 N–H and O–H groups in total. The van der Waals surface area contributed by atoms with Gasteiger partial charge in [-0.3, -0.25) is 4.79 Å². The zero-order valence-corrected chi connectivity index (χ0v) is 19.9. The lowest BCUT2D eigenvalue weighted by atomic mass is 9.53. The molecule has 0 spiro atoms. The van der Waals surface area contributed by atoms with Crippen molar-refractivity contribution in [3.05, 3.63) is 41.5 Å². The van der Waals surface area contributed by atoms with Gasteiger partial charge in [-0.15, -0.1) is 0 Å². The summed E-state index contributed by atoms with van der Waals surface area (Å²) < 4.78 is 5.99. The van der Waals surface area contributed by atoms with Gasteiger partial charge in [0.15, 0.2) is 0 Å². The molecule has 2 bridgehead atoms. The molecule has 186 valence electrons. The summed E-state index contributed by atoms with van der Waals surface area (Å²) in [5.74, 6) is -1.62. The van der Waals surface area contributed by atoms with Crippen LogP contribution in [0.15, 0.2) is 30.4 Å². The second-order valence-corrected chi connectivity index (χ2v) is 10.1. The molecule has 0 amide bonds. The van der Waals surface area contributed by atoms with Crippen molar-refractivity contribution in [3.63, 3.8) is 0 Å². The number of nitrogens with one attached hydrogen (secondary N) is 1. The van der Waals surface area contributed by atoms with Crippen LogP contribution in [0.5, 0.6) is 5.75 Å². The molecule has 1 saturated heterocycles. The molecule has 0 aromatic heterocycles. The maximum absolute atomic E-state index is 11.3. The number of carbonyl (C=O) groups is 3. The zero-order chi connectivity index (χ0) is 24.9. The number of rotatable bonds is 7. The number of benzene rings is 1. The van der Waals surface area contributed by atoms with Gasteiger partial charge in [0.25, 0.3) is 0 Å². The van der Waals surface area contributed by atoms with E-state index in [2.05, 4.69) is 23.5 Å². The van der Waals surface area contributed by atoms with Crippen molar-refractivity contribution in [2.75, 3.05) is 13.2 Å². The van der Waals surface area contributed by atoms with E-state index in [1.54, 1.807) is 13.8 Å². The molecule has 3 aliphatic rings. The van der Waals surface area contributed by atoms with Gasteiger partial charge in [0, 0.05) is 23.6 Å². The van der Waals surface area contributed by atoms with Crippen LogP contribution in [0.1, 0.15) is 63.5 Å². The molecule has 4 rings (SSSR count). The van der Waals surface area contributed by atoms with Gasteiger partial charge in [0.2, 0.25) is 0 Å². The van der Waals surface area contributed by atoms with E-state index in [-0.39, 0.29) is 0 Å². The van der Waals surface area contributed by atoms with Crippen LogP contribution in [0.3, 0.4) is 0 Å². The molecule has 1 aliphatic heterocycles. The van der Waals surface area contributed by atoms with Gasteiger partial charge in [-0.2, -0.15) is 0 Å². The largest absolute Gasteiger partial charge is 0.494 e. The first kappa shape index (κ1) is 25.7. The molecule has 0 unspecified atom stereocenters. The summed E-state index contributed by atoms with van der Waals surface area (Å²) in [6.45, 7) is 5.08. The molecule has 0 radical (unpaired) electrons. The number of hydrogen-bond donors (Lipinski definition) is 4. The van der Waals surface area contributed by atoms with E-state index in [4.69, 9.17) is 14.9 Å². The highest BCUT2D eigenvalue weighted by molar-refractivity contribution is 5.89. The smallest absolute Gasteiger partial charge is 0.328 e. The molecule has 1 aromatic rings. The Balaban J connectivity index is 0.000000350. The molecule has 34 heavy (non-hydrogen) atoms. The number of fused-ring (bicyclic) bond motifs is 1. The van der Waals surface area contributed by atoms with E-state index in [1.807, 2.05) is 0 Å². The van der Waals surface area contributed by atoms with Crippen LogP contribution in [0, 0.1) is 11.3 Å². The second-order valence-electron chi connectivity index (χ2n) is 10.1. The minimum Gasteiger partial charge on any atom is -0.494 e. The highest BCUT2D eigenvalue weighted by Gasteiger charge is 2.51. The Bertz CT molecular complexity index is 934. The maximum atomic E-state index is 11.3. The summed E-state index contributed by atoms with van der Waals surface area (Å²) >= 11 is 0. The van der Waals surface area contributed by atoms with Crippen molar-refractivity contribution < 1.29 is 34.4 Å². The molecule has 8 heteroatoms. The predicted molar refractivity (Wildman–Crippen MR) is 126 cm³/mol. The van der Waals surface area contributed by atoms with E-state index in [0.717, 1.165) is 24.6 Å². The zero-order valence-electron chi connectivity index (χ0n) is 19.9. The number of aliphatic carboxylic acids is 3. The minimum atomic E-state index is -1.26. The van der Waals surface area contributed by atoms with Crippen LogP contribution in [-0.2, 0) is 26.2 Å². The van der Waals surface area contributed by atoms with Crippen molar-refractivity contribution in [1.29, 1.82) is 0 Å². The van der Waals surface area contributed by atoms with Crippen LogP contribution in [0.2, 0.25) is 0 Å². The Morgan fingerprint density at radius 1 is 1.12 bits per heavy atom. The lowest BCUT2D eigenvalue weighted by Crippen LogP contribution is -2.59. The van der Waals surface area contributed by atoms with E-state index < -0.39 is 23.3 Å².